The molecule has 86 valence electrons. The smallest absolute Gasteiger partial charge is 0.250 e. The maximum Gasteiger partial charge on any atom is 0.250 e. The second kappa shape index (κ2) is 5.60. The van der Waals surface area contributed by atoms with Gasteiger partial charge in [-0.05, 0) is 31.5 Å². The fourth-order valence-electron chi connectivity index (χ4n) is 1.07. The van der Waals surface area contributed by atoms with Gasteiger partial charge in [-0.15, -0.1) is 11.3 Å². The molecular weight excluding hydrogens is 232 g/mol. The molecule has 0 fully saturated rings. The zero-order chi connectivity index (χ0) is 11.3. The molecule has 1 aromatic heterocycles. The molecule has 0 aromatic carbocycles. The number of hydrogen-bond acceptors (Lipinski definition) is 4. The lowest BCUT2D eigenvalue weighted by Gasteiger charge is -2.02. The Morgan fingerprint density at radius 1 is 1.47 bits per heavy atom. The van der Waals surface area contributed by atoms with Gasteiger partial charge in [-0.25, -0.2) is 13.1 Å². The zero-order valence-electron chi connectivity index (χ0n) is 8.69. The van der Waals surface area contributed by atoms with E-state index >= 15 is 0 Å². The van der Waals surface area contributed by atoms with Crippen molar-refractivity contribution in [2.75, 3.05) is 13.1 Å². The number of nitrogens with two attached hydrogens (primary N) is 1. The molecule has 1 aromatic rings. The number of sulfonamides is 1. The van der Waals surface area contributed by atoms with E-state index in [0.717, 1.165) is 11.3 Å². The van der Waals surface area contributed by atoms with Crippen LogP contribution in [0.1, 0.15) is 18.2 Å². The highest BCUT2D eigenvalue weighted by molar-refractivity contribution is 7.91. The minimum atomic E-state index is -3.31. The molecule has 0 aliphatic heterocycles. The predicted molar refractivity (Wildman–Crippen MR) is 62.6 cm³/mol. The Morgan fingerprint density at radius 3 is 2.73 bits per heavy atom. The minimum absolute atomic E-state index is 0.386. The van der Waals surface area contributed by atoms with Crippen molar-refractivity contribution < 1.29 is 8.42 Å². The summed E-state index contributed by atoms with van der Waals surface area (Å²) < 4.78 is 26.3. The van der Waals surface area contributed by atoms with E-state index < -0.39 is 10.0 Å². The Hall–Kier alpha value is -0.430. The third-order valence-electron chi connectivity index (χ3n) is 1.92. The Morgan fingerprint density at radius 2 is 2.20 bits per heavy atom. The maximum atomic E-state index is 11.7. The molecule has 15 heavy (non-hydrogen) atoms. The van der Waals surface area contributed by atoms with Crippen LogP contribution in [0.15, 0.2) is 16.3 Å². The van der Waals surface area contributed by atoms with Gasteiger partial charge in [0.1, 0.15) is 4.21 Å². The molecule has 0 radical (unpaired) electrons. The molecule has 0 spiro atoms. The second-order valence-electron chi connectivity index (χ2n) is 3.11. The number of aryl methyl sites for hydroxylation is 1. The van der Waals surface area contributed by atoms with Gasteiger partial charge in [-0.3, -0.25) is 0 Å². The van der Waals surface area contributed by atoms with E-state index in [1.807, 2.05) is 13.0 Å². The summed E-state index contributed by atoms with van der Waals surface area (Å²) in [7, 11) is -3.31. The molecule has 1 rings (SSSR count). The summed E-state index contributed by atoms with van der Waals surface area (Å²) in [4.78, 5) is 1.08. The van der Waals surface area contributed by atoms with Gasteiger partial charge < -0.3 is 5.73 Å². The van der Waals surface area contributed by atoms with Gasteiger partial charge in [0.15, 0.2) is 0 Å². The molecular formula is C9H16N2O2S2. The molecule has 6 heteroatoms. The first-order valence-corrected chi connectivity index (χ1v) is 7.18. The van der Waals surface area contributed by atoms with Crippen molar-refractivity contribution in [1.29, 1.82) is 0 Å². The van der Waals surface area contributed by atoms with Gasteiger partial charge in [-0.2, -0.15) is 0 Å². The third kappa shape index (κ3) is 3.57. The Kier molecular flexibility index (Phi) is 4.72. The lowest BCUT2D eigenvalue weighted by Crippen LogP contribution is -2.25. The molecule has 0 saturated carbocycles. The lowest BCUT2D eigenvalue weighted by molar-refractivity contribution is 0.581. The van der Waals surface area contributed by atoms with Crippen molar-refractivity contribution in [1.82, 2.24) is 4.72 Å². The van der Waals surface area contributed by atoms with Crippen LogP contribution in [0.5, 0.6) is 0 Å². The number of rotatable bonds is 6. The van der Waals surface area contributed by atoms with Gasteiger partial charge in [0.25, 0.3) is 0 Å². The standard InChI is InChI=1S/C9H16N2O2S2/c1-2-8-4-5-9(14-8)15(12,13)11-7-3-6-10/h4-5,11H,2-3,6-7,10H2,1H3. The van der Waals surface area contributed by atoms with Crippen molar-refractivity contribution in [2.24, 2.45) is 5.73 Å². The van der Waals surface area contributed by atoms with E-state index in [1.165, 1.54) is 11.3 Å². The van der Waals surface area contributed by atoms with Crippen LogP contribution in [0, 0.1) is 0 Å². The SMILES string of the molecule is CCc1ccc(S(=O)(=O)NCCCN)s1. The second-order valence-corrected chi connectivity index (χ2v) is 6.28. The summed E-state index contributed by atoms with van der Waals surface area (Å²) in [5, 5.41) is 0. The van der Waals surface area contributed by atoms with Crippen LogP contribution in [0.2, 0.25) is 0 Å². The average molecular weight is 248 g/mol. The molecule has 0 bridgehead atoms. The molecule has 3 N–H and O–H groups in total. The predicted octanol–water partition coefficient (Wildman–Crippen LogP) is 0.938. The average Bonchev–Trinajstić information content (AvgIpc) is 2.66. The van der Waals surface area contributed by atoms with Gasteiger partial charge >= 0.3 is 0 Å². The fraction of sp³-hybridized carbons (Fsp3) is 0.556. The van der Waals surface area contributed by atoms with E-state index in [2.05, 4.69) is 4.72 Å². The third-order valence-corrected chi connectivity index (χ3v) is 5.11. The summed E-state index contributed by atoms with van der Waals surface area (Å²) in [6.07, 6.45) is 1.52. The molecule has 4 nitrogen and oxygen atoms in total. The summed E-state index contributed by atoms with van der Waals surface area (Å²) in [6.45, 7) is 2.90. The molecule has 0 saturated heterocycles. The van der Waals surface area contributed by atoms with E-state index in [4.69, 9.17) is 5.73 Å². The Labute approximate surface area is 94.5 Å². The van der Waals surface area contributed by atoms with Gasteiger partial charge in [-0.1, -0.05) is 6.92 Å². The highest BCUT2D eigenvalue weighted by atomic mass is 32.2. The van der Waals surface area contributed by atoms with E-state index in [-0.39, 0.29) is 0 Å². The van der Waals surface area contributed by atoms with Gasteiger partial charge in [0.05, 0.1) is 0 Å². The van der Waals surface area contributed by atoms with E-state index in [1.54, 1.807) is 6.07 Å². The Balaban J connectivity index is 2.68. The highest BCUT2D eigenvalue weighted by Crippen LogP contribution is 2.21. The quantitative estimate of drug-likeness (QED) is 0.736. The van der Waals surface area contributed by atoms with E-state index in [9.17, 15) is 8.42 Å². The number of hydrogen-bond donors (Lipinski definition) is 2. The van der Waals surface area contributed by atoms with Crippen molar-refractivity contribution in [3.8, 4) is 0 Å². The van der Waals surface area contributed by atoms with E-state index in [0.29, 0.717) is 23.7 Å². The number of thiophene rings is 1. The highest BCUT2D eigenvalue weighted by Gasteiger charge is 2.15. The summed E-state index contributed by atoms with van der Waals surface area (Å²) in [6, 6.07) is 3.50. The minimum Gasteiger partial charge on any atom is -0.330 e. The van der Waals surface area contributed by atoms with Crippen molar-refractivity contribution >= 4 is 21.4 Å². The first-order chi connectivity index (χ1) is 7.10. The molecule has 1 heterocycles. The molecule has 0 aliphatic rings. The molecule has 0 unspecified atom stereocenters. The molecule has 0 atom stereocenters. The van der Waals surface area contributed by atoms with Crippen molar-refractivity contribution in [3.63, 3.8) is 0 Å². The van der Waals surface area contributed by atoms with Crippen LogP contribution < -0.4 is 10.5 Å². The van der Waals surface area contributed by atoms with Gasteiger partial charge in [0.2, 0.25) is 10.0 Å². The normalized spacial score (nSPS) is 11.9. The lowest BCUT2D eigenvalue weighted by atomic mass is 10.4. The van der Waals surface area contributed by atoms with Crippen LogP contribution in [0.3, 0.4) is 0 Å². The van der Waals surface area contributed by atoms with Crippen LogP contribution in [0.4, 0.5) is 0 Å². The largest absolute Gasteiger partial charge is 0.330 e. The van der Waals surface area contributed by atoms with Crippen LogP contribution in [-0.2, 0) is 16.4 Å². The van der Waals surface area contributed by atoms with Crippen LogP contribution in [-0.4, -0.2) is 21.5 Å². The topological polar surface area (TPSA) is 72.2 Å². The first kappa shape index (κ1) is 12.6. The maximum absolute atomic E-state index is 11.7. The molecule has 0 amide bonds. The summed E-state index contributed by atoms with van der Waals surface area (Å²) in [5.41, 5.74) is 5.29. The fourth-order valence-corrected chi connectivity index (χ4v) is 3.49. The summed E-state index contributed by atoms with van der Waals surface area (Å²) in [5.74, 6) is 0. The van der Waals surface area contributed by atoms with Crippen LogP contribution in [0.25, 0.3) is 0 Å². The Bertz CT molecular complexity index is 398. The molecule has 0 aliphatic carbocycles. The van der Waals surface area contributed by atoms with Crippen molar-refractivity contribution in [3.05, 3.63) is 17.0 Å². The monoisotopic (exact) mass is 248 g/mol. The summed E-state index contributed by atoms with van der Waals surface area (Å²) >= 11 is 1.32. The number of nitrogens with one attached hydrogen (secondary N) is 1. The zero-order valence-corrected chi connectivity index (χ0v) is 10.3. The van der Waals surface area contributed by atoms with Gasteiger partial charge in [0, 0.05) is 11.4 Å². The first-order valence-electron chi connectivity index (χ1n) is 4.88. The van der Waals surface area contributed by atoms with Crippen LogP contribution >= 0.6 is 11.3 Å². The van der Waals surface area contributed by atoms with Crippen molar-refractivity contribution in [2.45, 2.75) is 24.0 Å².